The smallest absolute Gasteiger partial charge is 0.259 e. The first-order valence-electron chi connectivity index (χ1n) is 8.92. The summed E-state index contributed by atoms with van der Waals surface area (Å²) < 4.78 is 21.3. The number of fused-ring (bicyclic) bond motifs is 2. The number of rotatable bonds is 3. The predicted octanol–water partition coefficient (Wildman–Crippen LogP) is 3.78. The highest BCUT2D eigenvalue weighted by atomic mass is 16.7. The van der Waals surface area contributed by atoms with Gasteiger partial charge in [-0.1, -0.05) is 10.3 Å². The molecule has 0 saturated carbocycles. The molecule has 3 aromatic heterocycles. The molecule has 1 aliphatic rings. The van der Waals surface area contributed by atoms with Crippen molar-refractivity contribution >= 4 is 22.7 Å². The van der Waals surface area contributed by atoms with E-state index in [1.165, 1.54) is 0 Å². The van der Waals surface area contributed by atoms with Crippen LogP contribution in [0, 0.1) is 20.8 Å². The molecule has 0 unspecified atom stereocenters. The molecule has 0 saturated heterocycles. The van der Waals surface area contributed by atoms with Crippen LogP contribution >= 0.6 is 0 Å². The fourth-order valence-electron chi connectivity index (χ4n) is 3.32. The Balaban J connectivity index is 1.62. The van der Waals surface area contributed by atoms with Crippen molar-refractivity contribution < 1.29 is 23.3 Å². The van der Waals surface area contributed by atoms with Crippen LogP contribution in [0.5, 0.6) is 11.5 Å². The van der Waals surface area contributed by atoms with Crippen molar-refractivity contribution in [1.29, 1.82) is 0 Å². The summed E-state index contributed by atoms with van der Waals surface area (Å²) in [5.74, 6) is 1.49. The van der Waals surface area contributed by atoms with Gasteiger partial charge in [0, 0.05) is 5.56 Å². The normalized spacial score (nSPS) is 12.5. The summed E-state index contributed by atoms with van der Waals surface area (Å²) >= 11 is 0. The summed E-state index contributed by atoms with van der Waals surface area (Å²) in [5.41, 5.74) is 3.70. The number of hydrogen-bond acceptors (Lipinski definition) is 8. The van der Waals surface area contributed by atoms with E-state index in [0.29, 0.717) is 51.0 Å². The molecule has 1 N–H and O–H groups in total. The number of ether oxygens (including phenoxy) is 2. The number of aromatic nitrogens is 3. The topological polar surface area (TPSA) is 113 Å². The molecular formula is C20H16N4O5. The number of anilines is 1. The Kier molecular flexibility index (Phi) is 3.76. The van der Waals surface area contributed by atoms with Crippen LogP contribution in [0.1, 0.15) is 27.5 Å². The largest absolute Gasteiger partial charge is 0.454 e. The second-order valence-electron chi connectivity index (χ2n) is 6.72. The van der Waals surface area contributed by atoms with Crippen LogP contribution in [-0.2, 0) is 0 Å². The monoisotopic (exact) mass is 392 g/mol. The number of amides is 1. The van der Waals surface area contributed by atoms with Crippen molar-refractivity contribution in [3.8, 4) is 22.8 Å². The highest BCUT2D eigenvalue weighted by Crippen LogP contribution is 2.36. The van der Waals surface area contributed by atoms with E-state index in [9.17, 15) is 4.79 Å². The number of carbonyl (C=O) groups is 1. The van der Waals surface area contributed by atoms with Gasteiger partial charge in [0.05, 0.1) is 22.3 Å². The van der Waals surface area contributed by atoms with Gasteiger partial charge in [-0.25, -0.2) is 4.98 Å². The van der Waals surface area contributed by atoms with Gasteiger partial charge in [0.2, 0.25) is 6.79 Å². The Hall–Kier alpha value is -3.88. The molecule has 146 valence electrons. The number of benzene rings is 1. The predicted molar refractivity (Wildman–Crippen MR) is 102 cm³/mol. The Morgan fingerprint density at radius 1 is 1.00 bits per heavy atom. The van der Waals surface area contributed by atoms with Gasteiger partial charge in [-0.3, -0.25) is 4.79 Å². The fraction of sp³-hybridized carbons (Fsp3) is 0.200. The van der Waals surface area contributed by atoms with E-state index in [0.717, 1.165) is 5.56 Å². The van der Waals surface area contributed by atoms with Gasteiger partial charge in [-0.15, -0.1) is 0 Å². The first-order valence-corrected chi connectivity index (χ1v) is 8.92. The molecule has 0 atom stereocenters. The van der Waals surface area contributed by atoms with Crippen LogP contribution in [0.2, 0.25) is 0 Å². The molecule has 4 aromatic rings. The average molecular weight is 392 g/mol. The van der Waals surface area contributed by atoms with Crippen molar-refractivity contribution in [1.82, 2.24) is 15.3 Å². The lowest BCUT2D eigenvalue weighted by atomic mass is 10.0. The molecule has 5 rings (SSSR count). The first kappa shape index (κ1) is 17.2. The average Bonchev–Trinajstić information content (AvgIpc) is 3.42. The van der Waals surface area contributed by atoms with Crippen LogP contribution in [0.25, 0.3) is 22.4 Å². The third-order valence-corrected chi connectivity index (χ3v) is 4.80. The number of carbonyl (C=O) groups excluding carboxylic acids is 1. The molecule has 29 heavy (non-hydrogen) atoms. The molecule has 0 aliphatic carbocycles. The van der Waals surface area contributed by atoms with Crippen LogP contribution in [-0.4, -0.2) is 28.0 Å². The third kappa shape index (κ3) is 2.78. The number of pyridine rings is 1. The molecule has 0 spiro atoms. The van der Waals surface area contributed by atoms with Crippen LogP contribution in [0.15, 0.2) is 33.3 Å². The highest BCUT2D eigenvalue weighted by Gasteiger charge is 2.22. The summed E-state index contributed by atoms with van der Waals surface area (Å²) in [5, 5.41) is 11.3. The summed E-state index contributed by atoms with van der Waals surface area (Å²) in [6.45, 7) is 5.44. The number of hydrogen-bond donors (Lipinski definition) is 1. The van der Waals surface area contributed by atoms with Gasteiger partial charge >= 0.3 is 0 Å². The Bertz CT molecular complexity index is 1250. The second kappa shape index (κ2) is 6.33. The van der Waals surface area contributed by atoms with Crippen molar-refractivity contribution in [3.63, 3.8) is 0 Å². The van der Waals surface area contributed by atoms with E-state index in [4.69, 9.17) is 18.5 Å². The molecule has 1 amide bonds. The zero-order chi connectivity index (χ0) is 20.1. The lowest BCUT2D eigenvalue weighted by Crippen LogP contribution is -2.14. The number of nitrogens with one attached hydrogen (secondary N) is 1. The fourth-order valence-corrected chi connectivity index (χ4v) is 3.32. The van der Waals surface area contributed by atoms with Gasteiger partial charge < -0.3 is 23.8 Å². The molecule has 9 nitrogen and oxygen atoms in total. The minimum atomic E-state index is -0.333. The highest BCUT2D eigenvalue weighted by molar-refractivity contribution is 6.13. The van der Waals surface area contributed by atoms with Crippen LogP contribution in [0.3, 0.4) is 0 Å². The van der Waals surface area contributed by atoms with E-state index in [1.54, 1.807) is 32.9 Å². The molecule has 0 bridgehead atoms. The van der Waals surface area contributed by atoms with Gasteiger partial charge in [-0.2, -0.15) is 0 Å². The second-order valence-corrected chi connectivity index (χ2v) is 6.72. The zero-order valence-corrected chi connectivity index (χ0v) is 15.9. The molecule has 0 fully saturated rings. The van der Waals surface area contributed by atoms with Crippen molar-refractivity contribution in [3.05, 3.63) is 47.0 Å². The Labute approximate surface area is 164 Å². The standard InChI is InChI=1S/C20H16N4O5/c1-9-17-13(19(25)22-18-10(2)24-28-11(18)3)7-14(21-20(17)29-23-9)12-4-5-15-16(6-12)27-8-26-15/h4-7H,8H2,1-3H3,(H,22,25). The first-order chi connectivity index (χ1) is 14.0. The molecule has 4 heterocycles. The van der Waals surface area contributed by atoms with E-state index in [2.05, 4.69) is 20.6 Å². The maximum Gasteiger partial charge on any atom is 0.259 e. The van der Waals surface area contributed by atoms with E-state index >= 15 is 0 Å². The Morgan fingerprint density at radius 3 is 2.59 bits per heavy atom. The maximum atomic E-state index is 13.1. The third-order valence-electron chi connectivity index (χ3n) is 4.80. The molecule has 1 aliphatic heterocycles. The van der Waals surface area contributed by atoms with Crippen LogP contribution in [0.4, 0.5) is 5.69 Å². The van der Waals surface area contributed by atoms with Crippen LogP contribution < -0.4 is 14.8 Å². The maximum absolute atomic E-state index is 13.1. The SMILES string of the molecule is Cc1noc(C)c1NC(=O)c1cc(-c2ccc3c(c2)OCO3)nc2onc(C)c12. The summed E-state index contributed by atoms with van der Waals surface area (Å²) in [7, 11) is 0. The summed E-state index contributed by atoms with van der Waals surface area (Å²) in [4.78, 5) is 17.7. The van der Waals surface area contributed by atoms with Crippen molar-refractivity contribution in [2.45, 2.75) is 20.8 Å². The minimum Gasteiger partial charge on any atom is -0.454 e. The van der Waals surface area contributed by atoms with E-state index in [-0.39, 0.29) is 18.4 Å². The quantitative estimate of drug-likeness (QED) is 0.560. The minimum absolute atomic E-state index is 0.178. The van der Waals surface area contributed by atoms with Crippen molar-refractivity contribution in [2.24, 2.45) is 0 Å². The van der Waals surface area contributed by atoms with E-state index in [1.807, 2.05) is 12.1 Å². The van der Waals surface area contributed by atoms with E-state index < -0.39 is 0 Å². The summed E-state index contributed by atoms with van der Waals surface area (Å²) in [6, 6.07) is 7.17. The lowest BCUT2D eigenvalue weighted by molar-refractivity contribution is 0.102. The van der Waals surface area contributed by atoms with Crippen molar-refractivity contribution in [2.75, 3.05) is 12.1 Å². The summed E-state index contributed by atoms with van der Waals surface area (Å²) in [6.07, 6.45) is 0. The van der Waals surface area contributed by atoms with Gasteiger partial charge in [0.1, 0.15) is 11.4 Å². The molecule has 0 radical (unpaired) electrons. The van der Waals surface area contributed by atoms with Gasteiger partial charge in [-0.05, 0) is 45.0 Å². The van der Waals surface area contributed by atoms with Gasteiger partial charge in [0.25, 0.3) is 11.6 Å². The Morgan fingerprint density at radius 2 is 1.79 bits per heavy atom. The number of aryl methyl sites for hydroxylation is 3. The number of nitrogens with zero attached hydrogens (tertiary/aromatic N) is 3. The molecular weight excluding hydrogens is 376 g/mol. The zero-order valence-electron chi connectivity index (χ0n) is 15.9. The lowest BCUT2D eigenvalue weighted by Gasteiger charge is -2.08. The molecule has 9 heteroatoms. The molecule has 1 aromatic carbocycles. The van der Waals surface area contributed by atoms with Gasteiger partial charge in [0.15, 0.2) is 17.3 Å².